The average molecular weight is 472 g/mol. The van der Waals surface area contributed by atoms with Gasteiger partial charge in [0.15, 0.2) is 5.43 Å². The molecule has 3 aromatic rings. The van der Waals surface area contributed by atoms with Crippen LogP contribution in [-0.2, 0) is 9.53 Å². The molecule has 1 fully saturated rings. The third kappa shape index (κ3) is 4.30. The van der Waals surface area contributed by atoms with E-state index in [1.807, 2.05) is 19.2 Å². The van der Waals surface area contributed by atoms with Gasteiger partial charge in [0.1, 0.15) is 34.8 Å². The van der Waals surface area contributed by atoms with E-state index in [1.54, 1.807) is 25.3 Å². The van der Waals surface area contributed by atoms with Gasteiger partial charge in [0.2, 0.25) is 0 Å². The number of likely N-dealkylation sites (N-methyl/N-ethyl adjacent to an activating group) is 1. The average Bonchev–Trinajstić information content (AvgIpc) is 3.16. The first-order valence-corrected chi connectivity index (χ1v) is 11.0. The van der Waals surface area contributed by atoms with Crippen LogP contribution in [-0.4, -0.2) is 51.3 Å². The molecule has 0 radical (unpaired) electrons. The predicted molar refractivity (Wildman–Crippen MR) is 126 cm³/mol. The van der Waals surface area contributed by atoms with Gasteiger partial charge in [0, 0.05) is 36.1 Å². The Hall–Kier alpha value is -3.03. The lowest BCUT2D eigenvalue weighted by Gasteiger charge is -2.26. The number of rotatable bonds is 6. The van der Waals surface area contributed by atoms with Crippen molar-refractivity contribution in [1.82, 2.24) is 4.90 Å². The molecule has 0 bridgehead atoms. The molecule has 0 unspecified atom stereocenters. The molecular formula is C25H26ClNO6. The summed E-state index contributed by atoms with van der Waals surface area (Å²) in [6.45, 7) is 2.41. The van der Waals surface area contributed by atoms with Crippen molar-refractivity contribution < 1.29 is 23.4 Å². The van der Waals surface area contributed by atoms with Crippen LogP contribution in [0.25, 0.3) is 22.3 Å². The van der Waals surface area contributed by atoms with Gasteiger partial charge in [-0.2, -0.15) is 0 Å². The van der Waals surface area contributed by atoms with E-state index in [0.717, 1.165) is 18.5 Å². The molecule has 2 atom stereocenters. The smallest absolute Gasteiger partial charge is 0.302 e. The van der Waals surface area contributed by atoms with Gasteiger partial charge in [-0.3, -0.25) is 14.5 Å². The van der Waals surface area contributed by atoms with Crippen molar-refractivity contribution in [3.05, 3.63) is 57.2 Å². The van der Waals surface area contributed by atoms with Crippen LogP contribution in [0.2, 0.25) is 5.02 Å². The number of ether oxygens (including phenoxy) is 3. The highest BCUT2D eigenvalue weighted by molar-refractivity contribution is 6.33. The van der Waals surface area contributed by atoms with Crippen molar-refractivity contribution in [2.24, 2.45) is 0 Å². The molecule has 0 N–H and O–H groups in total. The molecule has 2 aromatic carbocycles. The Morgan fingerprint density at radius 2 is 1.91 bits per heavy atom. The van der Waals surface area contributed by atoms with Gasteiger partial charge in [0.05, 0.1) is 25.3 Å². The first-order valence-electron chi connectivity index (χ1n) is 10.7. The number of nitrogens with zero attached hydrogens (tertiary/aromatic N) is 1. The molecule has 174 valence electrons. The summed E-state index contributed by atoms with van der Waals surface area (Å²) in [5, 5.41) is 0.814. The highest BCUT2D eigenvalue weighted by atomic mass is 35.5. The molecule has 7 nitrogen and oxygen atoms in total. The number of carbonyl (C=O) groups excluding carboxylic acids is 1. The van der Waals surface area contributed by atoms with Crippen molar-refractivity contribution >= 4 is 28.5 Å². The van der Waals surface area contributed by atoms with Crippen LogP contribution in [0, 0.1) is 0 Å². The highest BCUT2D eigenvalue weighted by Gasteiger charge is 2.38. The highest BCUT2D eigenvalue weighted by Crippen LogP contribution is 2.45. The van der Waals surface area contributed by atoms with Crippen molar-refractivity contribution in [3.63, 3.8) is 0 Å². The quantitative estimate of drug-likeness (QED) is 0.490. The first kappa shape index (κ1) is 23.1. The summed E-state index contributed by atoms with van der Waals surface area (Å²) in [6.07, 6.45) is 0.778. The van der Waals surface area contributed by atoms with Crippen molar-refractivity contribution in [2.45, 2.75) is 25.3 Å². The molecule has 1 aromatic heterocycles. The number of methoxy groups -OCH3 is 2. The van der Waals surface area contributed by atoms with Crippen LogP contribution in [0.3, 0.4) is 0 Å². The van der Waals surface area contributed by atoms with Crippen molar-refractivity contribution in [2.75, 3.05) is 34.4 Å². The Bertz CT molecular complexity index is 1250. The minimum atomic E-state index is -0.340. The van der Waals surface area contributed by atoms with E-state index in [2.05, 4.69) is 4.90 Å². The Balaban J connectivity index is 1.99. The van der Waals surface area contributed by atoms with E-state index >= 15 is 0 Å². The van der Waals surface area contributed by atoms with E-state index in [1.165, 1.54) is 20.1 Å². The number of likely N-dealkylation sites (tertiary alicyclic amines) is 1. The van der Waals surface area contributed by atoms with E-state index in [0.29, 0.717) is 38.8 Å². The number of esters is 1. The fourth-order valence-corrected chi connectivity index (χ4v) is 4.79. The SMILES string of the molecule is COc1cc(OC)c2c(=O)cc(-c3ccccc3Cl)oc2c1[C@H]1CCN(C)[C@@H]1COC(C)=O. The normalized spacial score (nSPS) is 18.5. The number of hydrogen-bond acceptors (Lipinski definition) is 7. The van der Waals surface area contributed by atoms with E-state index in [-0.39, 0.29) is 30.0 Å². The molecule has 33 heavy (non-hydrogen) atoms. The number of carbonyl (C=O) groups is 1. The summed E-state index contributed by atoms with van der Waals surface area (Å²) in [4.78, 5) is 26.9. The zero-order valence-corrected chi connectivity index (χ0v) is 19.8. The Morgan fingerprint density at radius 1 is 1.18 bits per heavy atom. The van der Waals surface area contributed by atoms with Gasteiger partial charge in [-0.25, -0.2) is 0 Å². The first-order chi connectivity index (χ1) is 15.8. The summed E-state index contributed by atoms with van der Waals surface area (Å²) in [5.74, 6) is 0.841. The topological polar surface area (TPSA) is 78.2 Å². The molecule has 4 rings (SSSR count). The second kappa shape index (κ2) is 9.45. The van der Waals surface area contributed by atoms with Crippen LogP contribution < -0.4 is 14.9 Å². The van der Waals surface area contributed by atoms with E-state index < -0.39 is 0 Å². The maximum absolute atomic E-state index is 13.3. The third-order valence-corrected chi connectivity index (χ3v) is 6.53. The molecule has 0 saturated carbocycles. The molecule has 8 heteroatoms. The summed E-state index contributed by atoms with van der Waals surface area (Å²) >= 11 is 6.39. The molecule has 1 aliphatic heterocycles. The minimum Gasteiger partial charge on any atom is -0.496 e. The fourth-order valence-electron chi connectivity index (χ4n) is 4.56. The Morgan fingerprint density at radius 3 is 2.58 bits per heavy atom. The molecule has 0 aliphatic carbocycles. The van der Waals surface area contributed by atoms with E-state index in [4.69, 9.17) is 30.2 Å². The van der Waals surface area contributed by atoms with Crippen LogP contribution in [0.5, 0.6) is 11.5 Å². The van der Waals surface area contributed by atoms with Crippen LogP contribution >= 0.6 is 11.6 Å². The Labute approximate surface area is 196 Å². The summed E-state index contributed by atoms with van der Waals surface area (Å²) in [7, 11) is 5.06. The summed E-state index contributed by atoms with van der Waals surface area (Å²) < 4.78 is 23.0. The van der Waals surface area contributed by atoms with Crippen molar-refractivity contribution in [3.8, 4) is 22.8 Å². The minimum absolute atomic E-state index is 0.0950. The molecule has 0 spiro atoms. The molecule has 0 amide bonds. The lowest BCUT2D eigenvalue weighted by Crippen LogP contribution is -2.34. The van der Waals surface area contributed by atoms with Crippen LogP contribution in [0.4, 0.5) is 0 Å². The summed E-state index contributed by atoms with van der Waals surface area (Å²) in [6, 6.07) is 10.2. The number of hydrogen-bond donors (Lipinski definition) is 0. The Kier molecular flexibility index (Phi) is 6.63. The van der Waals surface area contributed by atoms with E-state index in [9.17, 15) is 9.59 Å². The molecular weight excluding hydrogens is 446 g/mol. The zero-order chi connectivity index (χ0) is 23.7. The zero-order valence-electron chi connectivity index (χ0n) is 19.0. The monoisotopic (exact) mass is 471 g/mol. The summed E-state index contributed by atoms with van der Waals surface area (Å²) in [5.41, 5.74) is 1.52. The second-order valence-corrected chi connectivity index (χ2v) is 8.51. The van der Waals surface area contributed by atoms with Crippen LogP contribution in [0.1, 0.15) is 24.8 Å². The molecule has 1 saturated heterocycles. The number of fused-ring (bicyclic) bond motifs is 1. The third-order valence-electron chi connectivity index (χ3n) is 6.20. The maximum atomic E-state index is 13.3. The fraction of sp³-hybridized carbons (Fsp3) is 0.360. The molecule has 2 heterocycles. The lowest BCUT2D eigenvalue weighted by molar-refractivity contribution is -0.142. The second-order valence-electron chi connectivity index (χ2n) is 8.10. The van der Waals surface area contributed by atoms with Gasteiger partial charge in [-0.15, -0.1) is 0 Å². The van der Waals surface area contributed by atoms with Gasteiger partial charge in [-0.05, 0) is 32.1 Å². The van der Waals surface area contributed by atoms with Gasteiger partial charge < -0.3 is 18.6 Å². The lowest BCUT2D eigenvalue weighted by atomic mass is 9.89. The van der Waals surface area contributed by atoms with Crippen LogP contribution in [0.15, 0.2) is 45.6 Å². The molecule has 1 aliphatic rings. The van der Waals surface area contributed by atoms with Gasteiger partial charge in [0.25, 0.3) is 0 Å². The number of benzene rings is 2. The maximum Gasteiger partial charge on any atom is 0.302 e. The van der Waals surface area contributed by atoms with Gasteiger partial charge in [-0.1, -0.05) is 23.7 Å². The standard InChI is InChI=1S/C25H26ClNO6/c1-14(28)32-13-18-16(9-10-27(18)2)23-21(30-3)12-22(31-4)24-19(29)11-20(33-25(23)24)15-7-5-6-8-17(15)26/h5-8,11-12,16,18H,9-10,13H2,1-4H3/t16-,18+/m0/s1. The largest absolute Gasteiger partial charge is 0.496 e. The number of halogens is 1. The van der Waals surface area contributed by atoms with Gasteiger partial charge >= 0.3 is 5.97 Å². The predicted octanol–water partition coefficient (Wildman–Crippen LogP) is 4.48. The van der Waals surface area contributed by atoms with Crippen molar-refractivity contribution in [1.29, 1.82) is 0 Å².